The molecule has 2 amide bonds. The highest BCUT2D eigenvalue weighted by Gasteiger charge is 2.21. The highest BCUT2D eigenvalue weighted by Crippen LogP contribution is 2.26. The first-order chi connectivity index (χ1) is 11.6. The van der Waals surface area contributed by atoms with E-state index in [-0.39, 0.29) is 17.2 Å². The molecule has 1 aromatic heterocycles. The van der Waals surface area contributed by atoms with Gasteiger partial charge in [0.2, 0.25) is 16.9 Å². The minimum absolute atomic E-state index is 0.123. The molecular formula is C18H24N4O2S. The van der Waals surface area contributed by atoms with Crippen LogP contribution in [0, 0.1) is 12.3 Å². The normalized spacial score (nSPS) is 12.5. The Morgan fingerprint density at radius 3 is 2.40 bits per heavy atom. The lowest BCUT2D eigenvalue weighted by atomic mass is 9.92. The Labute approximate surface area is 152 Å². The third-order valence-electron chi connectivity index (χ3n) is 3.42. The molecule has 25 heavy (non-hydrogen) atoms. The minimum atomic E-state index is -0.637. The van der Waals surface area contributed by atoms with Gasteiger partial charge < -0.3 is 5.32 Å². The first-order valence-corrected chi connectivity index (χ1v) is 8.96. The number of benzene rings is 1. The van der Waals surface area contributed by atoms with Crippen molar-refractivity contribution in [1.82, 2.24) is 15.5 Å². The Morgan fingerprint density at radius 2 is 1.80 bits per heavy atom. The van der Waals surface area contributed by atoms with Gasteiger partial charge in [-0.1, -0.05) is 61.9 Å². The van der Waals surface area contributed by atoms with Gasteiger partial charge >= 0.3 is 0 Å². The quantitative estimate of drug-likeness (QED) is 0.856. The van der Waals surface area contributed by atoms with E-state index in [1.807, 2.05) is 52.0 Å². The zero-order valence-corrected chi connectivity index (χ0v) is 16.0. The molecule has 6 nitrogen and oxygen atoms in total. The van der Waals surface area contributed by atoms with E-state index >= 15 is 0 Å². The van der Waals surface area contributed by atoms with Crippen molar-refractivity contribution in [2.45, 2.75) is 47.1 Å². The third-order valence-corrected chi connectivity index (χ3v) is 4.30. The van der Waals surface area contributed by atoms with Crippen LogP contribution in [0.4, 0.5) is 5.13 Å². The number of nitrogens with zero attached hydrogens (tertiary/aromatic N) is 2. The predicted octanol–water partition coefficient (Wildman–Crippen LogP) is 3.39. The number of hydrogen-bond acceptors (Lipinski definition) is 5. The van der Waals surface area contributed by atoms with Gasteiger partial charge in [0.25, 0.3) is 0 Å². The van der Waals surface area contributed by atoms with Crippen LogP contribution in [0.2, 0.25) is 0 Å². The van der Waals surface area contributed by atoms with Crippen molar-refractivity contribution in [3.8, 4) is 10.6 Å². The van der Waals surface area contributed by atoms with Crippen molar-refractivity contribution in [3.05, 3.63) is 29.8 Å². The minimum Gasteiger partial charge on any atom is -0.345 e. The summed E-state index contributed by atoms with van der Waals surface area (Å²) in [6.45, 7) is 9.60. The maximum atomic E-state index is 12.2. The second kappa shape index (κ2) is 7.74. The van der Waals surface area contributed by atoms with Crippen molar-refractivity contribution in [2.24, 2.45) is 5.41 Å². The summed E-state index contributed by atoms with van der Waals surface area (Å²) in [5.74, 6) is -0.457. The monoisotopic (exact) mass is 360 g/mol. The molecule has 2 rings (SSSR count). The predicted molar refractivity (Wildman–Crippen MR) is 100 cm³/mol. The summed E-state index contributed by atoms with van der Waals surface area (Å²) in [5.41, 5.74) is 2.00. The molecule has 7 heteroatoms. The van der Waals surface area contributed by atoms with E-state index in [2.05, 4.69) is 20.8 Å². The molecule has 134 valence electrons. The van der Waals surface area contributed by atoms with Crippen molar-refractivity contribution in [3.63, 3.8) is 0 Å². The van der Waals surface area contributed by atoms with Crippen LogP contribution in [0.3, 0.4) is 0 Å². The molecule has 0 unspecified atom stereocenters. The number of amides is 2. The van der Waals surface area contributed by atoms with Crippen LogP contribution in [0.25, 0.3) is 10.6 Å². The van der Waals surface area contributed by atoms with Gasteiger partial charge in [-0.05, 0) is 19.3 Å². The average Bonchev–Trinajstić information content (AvgIpc) is 2.94. The number of nitrogens with one attached hydrogen (secondary N) is 2. The van der Waals surface area contributed by atoms with Gasteiger partial charge in [0, 0.05) is 12.0 Å². The van der Waals surface area contributed by atoms with Crippen molar-refractivity contribution < 1.29 is 9.59 Å². The molecule has 0 fully saturated rings. The van der Waals surface area contributed by atoms with E-state index in [9.17, 15) is 9.59 Å². The fraction of sp³-hybridized carbons (Fsp3) is 0.444. The standard InChI is InChI=1S/C18H24N4O2S/c1-11-6-8-13(9-7-11)16-21-22-17(25-16)20-15(24)12(2)19-14(23)10-18(3,4)5/h6-9,12H,10H2,1-5H3,(H,19,23)(H,20,22,24)/t12-/m1/s1. The number of rotatable bonds is 5. The zero-order valence-electron chi connectivity index (χ0n) is 15.2. The van der Waals surface area contributed by atoms with E-state index in [1.165, 1.54) is 16.9 Å². The number of aryl methyl sites for hydroxylation is 1. The van der Waals surface area contributed by atoms with Gasteiger partial charge in [0.1, 0.15) is 11.0 Å². The Kier molecular flexibility index (Phi) is 5.89. The lowest BCUT2D eigenvalue weighted by Gasteiger charge is -2.19. The van der Waals surface area contributed by atoms with Crippen molar-refractivity contribution in [2.75, 3.05) is 5.32 Å². The highest BCUT2D eigenvalue weighted by atomic mass is 32.1. The fourth-order valence-electron chi connectivity index (χ4n) is 2.14. The van der Waals surface area contributed by atoms with E-state index in [4.69, 9.17) is 0 Å². The summed E-state index contributed by atoms with van der Waals surface area (Å²) >= 11 is 1.30. The number of anilines is 1. The summed E-state index contributed by atoms with van der Waals surface area (Å²) < 4.78 is 0. The van der Waals surface area contributed by atoms with Crippen LogP contribution >= 0.6 is 11.3 Å². The summed E-state index contributed by atoms with van der Waals surface area (Å²) in [6.07, 6.45) is 0.362. The van der Waals surface area contributed by atoms with Gasteiger partial charge in [-0.15, -0.1) is 10.2 Å². The van der Waals surface area contributed by atoms with Crippen LogP contribution in [-0.4, -0.2) is 28.1 Å². The Hall–Kier alpha value is -2.28. The van der Waals surface area contributed by atoms with E-state index < -0.39 is 6.04 Å². The van der Waals surface area contributed by atoms with Gasteiger partial charge in [0.05, 0.1) is 0 Å². The number of carbonyl (C=O) groups is 2. The maximum absolute atomic E-state index is 12.2. The van der Waals surface area contributed by atoms with Gasteiger partial charge in [-0.25, -0.2) is 0 Å². The molecule has 2 N–H and O–H groups in total. The lowest BCUT2D eigenvalue weighted by molar-refractivity contribution is -0.127. The topological polar surface area (TPSA) is 84.0 Å². The van der Waals surface area contributed by atoms with Crippen molar-refractivity contribution in [1.29, 1.82) is 0 Å². The number of carbonyl (C=O) groups excluding carboxylic acids is 2. The van der Waals surface area contributed by atoms with Crippen LogP contribution in [0.5, 0.6) is 0 Å². The van der Waals surface area contributed by atoms with Crippen LogP contribution in [0.1, 0.15) is 39.7 Å². The molecule has 0 aliphatic carbocycles. The van der Waals surface area contributed by atoms with Gasteiger partial charge in [-0.3, -0.25) is 14.9 Å². The average molecular weight is 360 g/mol. The smallest absolute Gasteiger partial charge is 0.248 e. The molecule has 2 aromatic rings. The Morgan fingerprint density at radius 1 is 1.16 bits per heavy atom. The first kappa shape index (κ1) is 19.1. The molecule has 1 heterocycles. The largest absolute Gasteiger partial charge is 0.345 e. The summed E-state index contributed by atoms with van der Waals surface area (Å²) in [5, 5.41) is 14.7. The van der Waals surface area contributed by atoms with Crippen LogP contribution in [-0.2, 0) is 9.59 Å². The molecule has 0 bridgehead atoms. The highest BCUT2D eigenvalue weighted by molar-refractivity contribution is 7.18. The second-order valence-electron chi connectivity index (χ2n) is 7.29. The Balaban J connectivity index is 1.94. The van der Waals surface area contributed by atoms with Crippen LogP contribution < -0.4 is 10.6 Å². The summed E-state index contributed by atoms with van der Waals surface area (Å²) in [6, 6.07) is 7.30. The van der Waals surface area contributed by atoms with E-state index in [1.54, 1.807) is 6.92 Å². The molecule has 0 saturated carbocycles. The van der Waals surface area contributed by atoms with E-state index in [0.717, 1.165) is 10.6 Å². The van der Waals surface area contributed by atoms with Crippen LogP contribution in [0.15, 0.2) is 24.3 Å². The molecule has 0 spiro atoms. The lowest BCUT2D eigenvalue weighted by Crippen LogP contribution is -2.42. The fourth-order valence-corrected chi connectivity index (χ4v) is 2.89. The molecule has 0 saturated heterocycles. The zero-order chi connectivity index (χ0) is 18.6. The van der Waals surface area contributed by atoms with Crippen molar-refractivity contribution >= 4 is 28.3 Å². The van der Waals surface area contributed by atoms with Gasteiger partial charge in [0.15, 0.2) is 0 Å². The summed E-state index contributed by atoms with van der Waals surface area (Å²) in [7, 11) is 0. The molecule has 0 aliphatic heterocycles. The number of hydrogen-bond donors (Lipinski definition) is 2. The van der Waals surface area contributed by atoms with E-state index in [0.29, 0.717) is 11.6 Å². The SMILES string of the molecule is Cc1ccc(-c2nnc(NC(=O)[C@@H](C)NC(=O)CC(C)(C)C)s2)cc1. The molecule has 0 radical (unpaired) electrons. The molecule has 0 aliphatic rings. The Bertz CT molecular complexity index is 747. The van der Waals surface area contributed by atoms with Gasteiger partial charge in [-0.2, -0.15) is 0 Å². The maximum Gasteiger partial charge on any atom is 0.248 e. The third kappa shape index (κ3) is 5.94. The number of aromatic nitrogens is 2. The molecular weight excluding hydrogens is 336 g/mol. The second-order valence-corrected chi connectivity index (χ2v) is 8.27. The summed E-state index contributed by atoms with van der Waals surface area (Å²) in [4.78, 5) is 24.1. The molecule has 1 aromatic carbocycles. The first-order valence-electron chi connectivity index (χ1n) is 8.15. The molecule has 1 atom stereocenters.